The number of amides is 2. The van der Waals surface area contributed by atoms with Gasteiger partial charge < -0.3 is 20.6 Å². The third-order valence-corrected chi connectivity index (χ3v) is 3.65. The van der Waals surface area contributed by atoms with Gasteiger partial charge in [0.15, 0.2) is 0 Å². The molecule has 1 heterocycles. The molecule has 1 aliphatic rings. The van der Waals surface area contributed by atoms with Crippen LogP contribution in [0.25, 0.3) is 0 Å². The average Bonchev–Trinajstić information content (AvgIpc) is 2.47. The van der Waals surface area contributed by atoms with Gasteiger partial charge in [-0.25, -0.2) is 9.18 Å². The number of urea groups is 1. The van der Waals surface area contributed by atoms with E-state index < -0.39 is 0 Å². The SMILES string of the molecule is C[C@@H](CO)NC(=O)NC1CCN(c2cccc(F)c2)CC1. The summed E-state index contributed by atoms with van der Waals surface area (Å²) in [6.45, 7) is 3.23. The van der Waals surface area contributed by atoms with Crippen LogP contribution in [0.15, 0.2) is 24.3 Å². The van der Waals surface area contributed by atoms with Gasteiger partial charge >= 0.3 is 6.03 Å². The maximum absolute atomic E-state index is 13.2. The van der Waals surface area contributed by atoms with Crippen LogP contribution in [0.4, 0.5) is 14.9 Å². The summed E-state index contributed by atoms with van der Waals surface area (Å²) in [6, 6.07) is 6.18. The Hall–Kier alpha value is -1.82. The van der Waals surface area contributed by atoms with Crippen molar-refractivity contribution < 1.29 is 14.3 Å². The van der Waals surface area contributed by atoms with Crippen molar-refractivity contribution in [1.29, 1.82) is 0 Å². The van der Waals surface area contributed by atoms with Crippen LogP contribution < -0.4 is 15.5 Å². The third kappa shape index (κ3) is 4.60. The number of aliphatic hydroxyl groups is 1. The van der Waals surface area contributed by atoms with Crippen molar-refractivity contribution in [2.75, 3.05) is 24.6 Å². The van der Waals surface area contributed by atoms with E-state index in [1.54, 1.807) is 13.0 Å². The fourth-order valence-corrected chi connectivity index (χ4v) is 2.45. The van der Waals surface area contributed by atoms with Crippen LogP contribution >= 0.6 is 0 Å². The van der Waals surface area contributed by atoms with E-state index in [2.05, 4.69) is 15.5 Å². The van der Waals surface area contributed by atoms with Crippen LogP contribution in [-0.2, 0) is 0 Å². The van der Waals surface area contributed by atoms with Gasteiger partial charge in [0.2, 0.25) is 0 Å². The Bertz CT molecular complexity index is 476. The molecule has 1 aliphatic heterocycles. The Morgan fingerprint density at radius 3 is 2.81 bits per heavy atom. The number of hydrogen-bond acceptors (Lipinski definition) is 3. The first-order valence-corrected chi connectivity index (χ1v) is 7.27. The van der Waals surface area contributed by atoms with Crippen molar-refractivity contribution in [1.82, 2.24) is 10.6 Å². The molecule has 3 N–H and O–H groups in total. The minimum Gasteiger partial charge on any atom is -0.394 e. The topological polar surface area (TPSA) is 64.6 Å². The summed E-state index contributed by atoms with van der Waals surface area (Å²) in [5.74, 6) is -0.231. The number of rotatable bonds is 4. The lowest BCUT2D eigenvalue weighted by Crippen LogP contribution is -2.50. The van der Waals surface area contributed by atoms with Crippen LogP contribution in [0.5, 0.6) is 0 Å². The van der Waals surface area contributed by atoms with Gasteiger partial charge in [0.05, 0.1) is 12.6 Å². The average molecular weight is 295 g/mol. The number of halogens is 1. The molecule has 6 heteroatoms. The van der Waals surface area contributed by atoms with E-state index in [1.807, 2.05) is 6.07 Å². The summed E-state index contributed by atoms with van der Waals surface area (Å²) in [4.78, 5) is 13.8. The van der Waals surface area contributed by atoms with Crippen LogP contribution in [0.1, 0.15) is 19.8 Å². The Balaban J connectivity index is 1.79. The van der Waals surface area contributed by atoms with Gasteiger partial charge in [0.1, 0.15) is 5.82 Å². The summed E-state index contributed by atoms with van der Waals surface area (Å²) in [5.41, 5.74) is 0.881. The van der Waals surface area contributed by atoms with Gasteiger partial charge in [-0.2, -0.15) is 0 Å². The van der Waals surface area contributed by atoms with E-state index in [-0.39, 0.29) is 30.5 Å². The lowest BCUT2D eigenvalue weighted by atomic mass is 10.0. The minimum absolute atomic E-state index is 0.0779. The molecule has 0 aromatic heterocycles. The molecule has 0 aliphatic carbocycles. The second-order valence-electron chi connectivity index (χ2n) is 5.44. The van der Waals surface area contributed by atoms with Gasteiger partial charge in [0.25, 0.3) is 0 Å². The number of piperidine rings is 1. The molecular weight excluding hydrogens is 273 g/mol. The Morgan fingerprint density at radius 2 is 2.19 bits per heavy atom. The number of anilines is 1. The van der Waals surface area contributed by atoms with Gasteiger partial charge in [-0.1, -0.05) is 6.07 Å². The molecule has 5 nitrogen and oxygen atoms in total. The van der Waals surface area contributed by atoms with Crippen LogP contribution in [0, 0.1) is 5.82 Å². The van der Waals surface area contributed by atoms with E-state index in [0.29, 0.717) is 0 Å². The molecule has 2 amide bonds. The summed E-state index contributed by atoms with van der Waals surface area (Å²) in [5, 5.41) is 14.5. The molecule has 1 fully saturated rings. The molecule has 1 saturated heterocycles. The molecular formula is C15H22FN3O2. The highest BCUT2D eigenvalue weighted by molar-refractivity contribution is 5.74. The summed E-state index contributed by atoms with van der Waals surface area (Å²) in [7, 11) is 0. The van der Waals surface area contributed by atoms with Gasteiger partial charge in [-0.3, -0.25) is 0 Å². The van der Waals surface area contributed by atoms with Crippen molar-refractivity contribution >= 4 is 11.7 Å². The molecule has 2 rings (SSSR count). The van der Waals surface area contributed by atoms with Gasteiger partial charge in [0, 0.05) is 24.8 Å². The predicted octanol–water partition coefficient (Wildman–Crippen LogP) is 1.47. The monoisotopic (exact) mass is 295 g/mol. The van der Waals surface area contributed by atoms with Crippen LogP contribution in [0.3, 0.4) is 0 Å². The van der Waals surface area contributed by atoms with E-state index in [9.17, 15) is 9.18 Å². The van der Waals surface area contributed by atoms with Crippen molar-refractivity contribution in [3.05, 3.63) is 30.1 Å². The van der Waals surface area contributed by atoms with Crippen LogP contribution in [-0.4, -0.2) is 42.9 Å². The molecule has 1 atom stereocenters. The first-order valence-electron chi connectivity index (χ1n) is 7.27. The number of carbonyl (C=O) groups is 1. The van der Waals surface area contributed by atoms with E-state index in [0.717, 1.165) is 31.6 Å². The van der Waals surface area contributed by atoms with Crippen molar-refractivity contribution in [3.8, 4) is 0 Å². The highest BCUT2D eigenvalue weighted by Crippen LogP contribution is 2.20. The standard InChI is InChI=1S/C15H22FN3O2/c1-11(10-20)17-15(21)18-13-5-7-19(8-6-13)14-4-2-3-12(16)9-14/h2-4,9,11,13,20H,5-8,10H2,1H3,(H2,17,18,21)/t11-/m0/s1. The largest absolute Gasteiger partial charge is 0.394 e. The molecule has 0 spiro atoms. The molecule has 1 aromatic carbocycles. The van der Waals surface area contributed by atoms with Gasteiger partial charge in [-0.05, 0) is 38.0 Å². The summed E-state index contributed by atoms with van der Waals surface area (Å²) in [6.07, 6.45) is 1.63. The number of nitrogens with one attached hydrogen (secondary N) is 2. The maximum atomic E-state index is 13.2. The Kier molecular flexibility index (Phi) is 5.38. The predicted molar refractivity (Wildman–Crippen MR) is 79.9 cm³/mol. The lowest BCUT2D eigenvalue weighted by Gasteiger charge is -2.34. The second-order valence-corrected chi connectivity index (χ2v) is 5.44. The zero-order valence-corrected chi connectivity index (χ0v) is 12.2. The fourth-order valence-electron chi connectivity index (χ4n) is 2.45. The second kappa shape index (κ2) is 7.26. The lowest BCUT2D eigenvalue weighted by molar-refractivity contribution is 0.215. The summed E-state index contributed by atoms with van der Waals surface area (Å²) < 4.78 is 13.2. The molecule has 21 heavy (non-hydrogen) atoms. The number of aliphatic hydroxyl groups excluding tert-OH is 1. The first-order chi connectivity index (χ1) is 10.1. The number of nitrogens with zero attached hydrogens (tertiary/aromatic N) is 1. The zero-order chi connectivity index (χ0) is 15.2. The Morgan fingerprint density at radius 1 is 1.48 bits per heavy atom. The number of benzene rings is 1. The summed E-state index contributed by atoms with van der Waals surface area (Å²) >= 11 is 0. The zero-order valence-electron chi connectivity index (χ0n) is 12.2. The van der Waals surface area contributed by atoms with E-state index in [1.165, 1.54) is 12.1 Å². The smallest absolute Gasteiger partial charge is 0.315 e. The molecule has 0 saturated carbocycles. The normalized spacial score (nSPS) is 17.4. The van der Waals surface area contributed by atoms with Crippen LogP contribution in [0.2, 0.25) is 0 Å². The molecule has 0 unspecified atom stereocenters. The first kappa shape index (κ1) is 15.6. The molecule has 0 radical (unpaired) electrons. The van der Waals surface area contributed by atoms with Gasteiger partial charge in [-0.15, -0.1) is 0 Å². The maximum Gasteiger partial charge on any atom is 0.315 e. The van der Waals surface area contributed by atoms with E-state index in [4.69, 9.17) is 5.11 Å². The van der Waals surface area contributed by atoms with Crippen molar-refractivity contribution in [2.24, 2.45) is 0 Å². The molecule has 1 aromatic rings. The third-order valence-electron chi connectivity index (χ3n) is 3.65. The number of carbonyl (C=O) groups excluding carboxylic acids is 1. The highest BCUT2D eigenvalue weighted by Gasteiger charge is 2.21. The quantitative estimate of drug-likeness (QED) is 0.788. The highest BCUT2D eigenvalue weighted by atomic mass is 19.1. The van der Waals surface area contributed by atoms with Crippen molar-refractivity contribution in [2.45, 2.75) is 31.8 Å². The minimum atomic E-state index is -0.252. The Labute approximate surface area is 124 Å². The fraction of sp³-hybridized carbons (Fsp3) is 0.533. The molecule has 116 valence electrons. The van der Waals surface area contributed by atoms with Crippen molar-refractivity contribution in [3.63, 3.8) is 0 Å². The molecule has 0 bridgehead atoms. The van der Waals surface area contributed by atoms with E-state index >= 15 is 0 Å². The number of hydrogen-bond donors (Lipinski definition) is 3.